The van der Waals surface area contributed by atoms with Gasteiger partial charge in [0, 0.05) is 23.7 Å². The fraction of sp³-hybridized carbons (Fsp3) is 0.176. The molecular weight excluding hydrogens is 368 g/mol. The standard InChI is InChI=1S/C17H16N6O3S/c1-10-20-9-13(23(10)14-4-2-3-6-19-14)17(26)22-12(15(24)16(18)25)8-11-5-7-21-27-11/h2-7,9,12H,8H2,1H3,(H2,18,25)(H,22,26). The molecule has 1 atom stereocenters. The van der Waals surface area contributed by atoms with Crippen LogP contribution in [-0.2, 0) is 16.0 Å². The Morgan fingerprint density at radius 1 is 1.22 bits per heavy atom. The van der Waals surface area contributed by atoms with Gasteiger partial charge in [-0.1, -0.05) is 6.07 Å². The van der Waals surface area contributed by atoms with Crippen molar-refractivity contribution < 1.29 is 14.4 Å². The molecule has 3 aromatic heterocycles. The number of nitrogens with zero attached hydrogens (tertiary/aromatic N) is 4. The van der Waals surface area contributed by atoms with E-state index in [1.165, 1.54) is 17.7 Å². The van der Waals surface area contributed by atoms with E-state index in [1.807, 2.05) is 0 Å². The Hall–Kier alpha value is -3.40. The summed E-state index contributed by atoms with van der Waals surface area (Å²) in [6.07, 6.45) is 4.68. The van der Waals surface area contributed by atoms with Gasteiger partial charge in [-0.25, -0.2) is 14.3 Å². The molecule has 1 unspecified atom stereocenters. The number of rotatable bonds is 7. The Morgan fingerprint density at radius 3 is 2.67 bits per heavy atom. The van der Waals surface area contributed by atoms with Crippen LogP contribution in [0, 0.1) is 6.92 Å². The lowest BCUT2D eigenvalue weighted by molar-refractivity contribution is -0.137. The topological polar surface area (TPSA) is 133 Å². The molecule has 10 heteroatoms. The highest BCUT2D eigenvalue weighted by Crippen LogP contribution is 2.14. The molecule has 3 heterocycles. The number of aromatic nitrogens is 4. The molecule has 0 aromatic carbocycles. The number of hydrogen-bond donors (Lipinski definition) is 2. The van der Waals surface area contributed by atoms with Gasteiger partial charge in [0.1, 0.15) is 23.4 Å². The molecule has 9 nitrogen and oxygen atoms in total. The van der Waals surface area contributed by atoms with Crippen molar-refractivity contribution in [2.45, 2.75) is 19.4 Å². The minimum Gasteiger partial charge on any atom is -0.363 e. The number of hydrogen-bond acceptors (Lipinski definition) is 7. The van der Waals surface area contributed by atoms with E-state index in [0.29, 0.717) is 11.6 Å². The molecule has 0 bridgehead atoms. The van der Waals surface area contributed by atoms with Crippen molar-refractivity contribution in [2.75, 3.05) is 0 Å². The Bertz CT molecular complexity index is 968. The molecule has 0 aliphatic carbocycles. The smallest absolute Gasteiger partial charge is 0.287 e. The third-order valence-corrected chi connectivity index (χ3v) is 4.57. The molecule has 0 aliphatic rings. The number of carbonyl (C=O) groups is 3. The van der Waals surface area contributed by atoms with Crippen molar-refractivity contribution in [3.63, 3.8) is 0 Å². The molecule has 0 radical (unpaired) electrons. The maximum atomic E-state index is 12.8. The van der Waals surface area contributed by atoms with Crippen molar-refractivity contribution >= 4 is 29.1 Å². The largest absolute Gasteiger partial charge is 0.363 e. The molecule has 0 fully saturated rings. The van der Waals surface area contributed by atoms with Crippen LogP contribution in [0.4, 0.5) is 0 Å². The molecule has 27 heavy (non-hydrogen) atoms. The Kier molecular flexibility index (Phi) is 5.36. The first kappa shape index (κ1) is 18.4. The van der Waals surface area contributed by atoms with Gasteiger partial charge in [-0.2, -0.15) is 0 Å². The van der Waals surface area contributed by atoms with Crippen molar-refractivity contribution in [1.29, 1.82) is 0 Å². The number of pyridine rings is 1. The first-order valence-electron chi connectivity index (χ1n) is 7.97. The molecule has 0 aliphatic heterocycles. The van der Waals surface area contributed by atoms with E-state index < -0.39 is 23.6 Å². The highest BCUT2D eigenvalue weighted by atomic mass is 32.1. The number of Topliss-reactive ketones (excluding diaryl/α,β-unsaturated/α-hetero) is 1. The molecule has 3 aromatic rings. The lowest BCUT2D eigenvalue weighted by Gasteiger charge is -2.16. The van der Waals surface area contributed by atoms with E-state index in [9.17, 15) is 14.4 Å². The minimum atomic E-state index is -1.11. The molecule has 138 valence electrons. The first-order chi connectivity index (χ1) is 13.0. The predicted molar refractivity (Wildman–Crippen MR) is 97.4 cm³/mol. The zero-order valence-corrected chi connectivity index (χ0v) is 15.1. The lowest BCUT2D eigenvalue weighted by atomic mass is 10.1. The number of amides is 2. The average Bonchev–Trinajstić information content (AvgIpc) is 3.30. The summed E-state index contributed by atoms with van der Waals surface area (Å²) < 4.78 is 5.52. The van der Waals surface area contributed by atoms with Crippen LogP contribution in [0.25, 0.3) is 5.82 Å². The first-order valence-corrected chi connectivity index (χ1v) is 8.74. The number of carbonyl (C=O) groups excluding carboxylic acids is 3. The number of aryl methyl sites for hydroxylation is 1. The van der Waals surface area contributed by atoms with Gasteiger partial charge in [0.2, 0.25) is 5.78 Å². The van der Waals surface area contributed by atoms with E-state index in [4.69, 9.17) is 5.73 Å². The normalized spacial score (nSPS) is 11.7. The molecule has 0 spiro atoms. The van der Waals surface area contributed by atoms with Gasteiger partial charge in [-0.3, -0.25) is 19.0 Å². The van der Waals surface area contributed by atoms with Crippen LogP contribution in [0.15, 0.2) is 42.9 Å². The highest BCUT2D eigenvalue weighted by Gasteiger charge is 2.28. The van der Waals surface area contributed by atoms with Crippen LogP contribution >= 0.6 is 11.5 Å². The van der Waals surface area contributed by atoms with E-state index in [2.05, 4.69) is 19.7 Å². The second-order valence-electron chi connectivity index (χ2n) is 5.65. The fourth-order valence-corrected chi connectivity index (χ4v) is 3.16. The van der Waals surface area contributed by atoms with Crippen LogP contribution < -0.4 is 11.1 Å². The van der Waals surface area contributed by atoms with Crippen molar-refractivity contribution in [3.05, 3.63) is 59.3 Å². The third kappa shape index (κ3) is 4.06. The van der Waals surface area contributed by atoms with E-state index in [-0.39, 0.29) is 12.1 Å². The Morgan fingerprint density at radius 2 is 2.04 bits per heavy atom. The molecule has 2 amide bonds. The summed E-state index contributed by atoms with van der Waals surface area (Å²) >= 11 is 1.17. The summed E-state index contributed by atoms with van der Waals surface area (Å²) in [6.45, 7) is 1.73. The fourth-order valence-electron chi connectivity index (χ4n) is 2.54. The highest BCUT2D eigenvalue weighted by molar-refractivity contribution is 7.05. The average molecular weight is 384 g/mol. The summed E-state index contributed by atoms with van der Waals surface area (Å²) in [4.78, 5) is 45.4. The van der Waals surface area contributed by atoms with Gasteiger partial charge in [-0.15, -0.1) is 0 Å². The van der Waals surface area contributed by atoms with E-state index >= 15 is 0 Å². The third-order valence-electron chi connectivity index (χ3n) is 3.81. The van der Waals surface area contributed by atoms with Gasteiger partial charge in [-0.05, 0) is 36.7 Å². The van der Waals surface area contributed by atoms with Crippen LogP contribution in [0.2, 0.25) is 0 Å². The molecule has 0 saturated heterocycles. The molecular formula is C17H16N6O3S. The lowest BCUT2D eigenvalue weighted by Crippen LogP contribution is -2.47. The number of nitrogens with two attached hydrogens (primary N) is 1. The maximum absolute atomic E-state index is 12.8. The number of primary amides is 1. The maximum Gasteiger partial charge on any atom is 0.287 e. The van der Waals surface area contributed by atoms with Crippen LogP contribution in [0.3, 0.4) is 0 Å². The van der Waals surface area contributed by atoms with Crippen molar-refractivity contribution in [1.82, 2.24) is 24.2 Å². The summed E-state index contributed by atoms with van der Waals surface area (Å²) in [6, 6.07) is 5.89. The summed E-state index contributed by atoms with van der Waals surface area (Å²) in [5.74, 6) is -1.49. The SMILES string of the molecule is Cc1ncc(C(=O)NC(Cc2ccns2)C(=O)C(N)=O)n1-c1ccccn1. The quantitative estimate of drug-likeness (QED) is 0.568. The van der Waals surface area contributed by atoms with Crippen LogP contribution in [-0.4, -0.2) is 42.5 Å². The molecule has 0 saturated carbocycles. The van der Waals surface area contributed by atoms with Gasteiger partial charge in [0.05, 0.1) is 6.20 Å². The Labute approximate surface area is 158 Å². The van der Waals surface area contributed by atoms with Gasteiger partial charge < -0.3 is 11.1 Å². The van der Waals surface area contributed by atoms with Crippen molar-refractivity contribution in [2.24, 2.45) is 5.73 Å². The summed E-state index contributed by atoms with van der Waals surface area (Å²) in [5.41, 5.74) is 5.32. The van der Waals surface area contributed by atoms with E-state index in [1.54, 1.807) is 48.1 Å². The van der Waals surface area contributed by atoms with Gasteiger partial charge >= 0.3 is 0 Å². The minimum absolute atomic E-state index is 0.120. The number of imidazole rings is 1. The van der Waals surface area contributed by atoms with Gasteiger partial charge in [0.25, 0.3) is 11.8 Å². The van der Waals surface area contributed by atoms with E-state index in [0.717, 1.165) is 4.88 Å². The monoisotopic (exact) mass is 384 g/mol. The predicted octanol–water partition coefficient (Wildman–Crippen LogP) is 0.428. The number of ketones is 1. The van der Waals surface area contributed by atoms with Crippen LogP contribution in [0.1, 0.15) is 21.2 Å². The molecule has 3 rings (SSSR count). The number of nitrogens with one attached hydrogen (secondary N) is 1. The van der Waals surface area contributed by atoms with Crippen molar-refractivity contribution in [3.8, 4) is 5.82 Å². The zero-order valence-electron chi connectivity index (χ0n) is 14.3. The second-order valence-corrected chi connectivity index (χ2v) is 6.57. The summed E-state index contributed by atoms with van der Waals surface area (Å²) in [7, 11) is 0. The summed E-state index contributed by atoms with van der Waals surface area (Å²) in [5, 5.41) is 2.58. The Balaban J connectivity index is 1.88. The van der Waals surface area contributed by atoms with Crippen LogP contribution in [0.5, 0.6) is 0 Å². The molecule has 3 N–H and O–H groups in total. The second kappa shape index (κ2) is 7.87. The zero-order chi connectivity index (χ0) is 19.4. The van der Waals surface area contributed by atoms with Gasteiger partial charge in [0.15, 0.2) is 0 Å².